The Labute approximate surface area is 142 Å². The van der Waals surface area contributed by atoms with Gasteiger partial charge in [-0.3, -0.25) is 10.1 Å². The Morgan fingerprint density at radius 3 is 2.80 bits per heavy atom. The van der Waals surface area contributed by atoms with E-state index in [0.717, 1.165) is 0 Å². The van der Waals surface area contributed by atoms with Gasteiger partial charge in [0.1, 0.15) is 11.5 Å². The fourth-order valence-electron chi connectivity index (χ4n) is 2.37. The molecule has 1 heterocycles. The van der Waals surface area contributed by atoms with Gasteiger partial charge in [0.2, 0.25) is 0 Å². The quantitative estimate of drug-likeness (QED) is 0.568. The van der Waals surface area contributed by atoms with Gasteiger partial charge in [-0.25, -0.2) is 9.37 Å². The van der Waals surface area contributed by atoms with Crippen LogP contribution in [0.1, 0.15) is 11.1 Å². The summed E-state index contributed by atoms with van der Waals surface area (Å²) in [7, 11) is 0. The van der Waals surface area contributed by atoms with Gasteiger partial charge in [0, 0.05) is 25.0 Å². The van der Waals surface area contributed by atoms with Gasteiger partial charge < -0.3 is 9.88 Å². The van der Waals surface area contributed by atoms with Crippen molar-refractivity contribution in [3.05, 3.63) is 82.2 Å². The van der Waals surface area contributed by atoms with E-state index < -0.39 is 10.7 Å². The summed E-state index contributed by atoms with van der Waals surface area (Å²) in [6.45, 7) is 0.202. The SMILES string of the molecule is N#Cc1ccc(NCc2ccc(-n3ccnc3)c(F)c2)c([N+](=O)[O-])c1. The van der Waals surface area contributed by atoms with Crippen molar-refractivity contribution in [1.29, 1.82) is 5.26 Å². The summed E-state index contributed by atoms with van der Waals surface area (Å²) in [5.74, 6) is -0.424. The zero-order chi connectivity index (χ0) is 17.8. The Morgan fingerprint density at radius 2 is 2.16 bits per heavy atom. The number of nitro benzene ring substituents is 1. The molecule has 8 heteroatoms. The highest BCUT2D eigenvalue weighted by atomic mass is 19.1. The van der Waals surface area contributed by atoms with E-state index in [1.165, 1.54) is 30.6 Å². The Balaban J connectivity index is 1.79. The van der Waals surface area contributed by atoms with Gasteiger partial charge in [-0.05, 0) is 29.8 Å². The highest BCUT2D eigenvalue weighted by Crippen LogP contribution is 2.26. The average molecular weight is 337 g/mol. The predicted molar refractivity (Wildman–Crippen MR) is 88.7 cm³/mol. The van der Waals surface area contributed by atoms with Crippen LogP contribution in [0, 0.1) is 27.3 Å². The molecule has 0 atom stereocenters. The fraction of sp³-hybridized carbons (Fsp3) is 0.0588. The summed E-state index contributed by atoms with van der Waals surface area (Å²) in [5.41, 5.74) is 1.26. The standard InChI is InChI=1S/C17H12FN5O2/c18-14-7-13(2-4-16(14)22-6-5-20-11-22)10-21-15-3-1-12(9-19)8-17(15)23(24)25/h1-8,11,21H,10H2. The van der Waals surface area contributed by atoms with Crippen molar-refractivity contribution in [2.75, 3.05) is 5.32 Å². The van der Waals surface area contributed by atoms with Crippen LogP contribution in [-0.4, -0.2) is 14.5 Å². The average Bonchev–Trinajstić information content (AvgIpc) is 3.14. The molecule has 7 nitrogen and oxygen atoms in total. The van der Waals surface area contributed by atoms with Gasteiger partial charge in [0.05, 0.1) is 28.6 Å². The van der Waals surface area contributed by atoms with Gasteiger partial charge in [0.25, 0.3) is 5.69 Å². The Morgan fingerprint density at radius 1 is 1.32 bits per heavy atom. The zero-order valence-corrected chi connectivity index (χ0v) is 12.9. The maximum Gasteiger partial charge on any atom is 0.293 e. The van der Waals surface area contributed by atoms with E-state index in [1.54, 1.807) is 29.1 Å². The van der Waals surface area contributed by atoms with E-state index in [1.807, 2.05) is 6.07 Å². The minimum absolute atomic E-state index is 0.199. The third-order valence-electron chi connectivity index (χ3n) is 3.60. The number of nitriles is 1. The minimum Gasteiger partial charge on any atom is -0.375 e. The first-order chi connectivity index (χ1) is 12.1. The molecule has 0 unspecified atom stereocenters. The zero-order valence-electron chi connectivity index (χ0n) is 12.9. The molecule has 0 aliphatic carbocycles. The molecule has 0 aliphatic heterocycles. The lowest BCUT2D eigenvalue weighted by molar-refractivity contribution is -0.384. The summed E-state index contributed by atoms with van der Waals surface area (Å²) in [6, 6.07) is 10.7. The number of imidazole rings is 1. The molecule has 0 fully saturated rings. The summed E-state index contributed by atoms with van der Waals surface area (Å²) in [4.78, 5) is 14.4. The number of hydrogen-bond donors (Lipinski definition) is 1. The van der Waals surface area contributed by atoms with Gasteiger partial charge in [-0.2, -0.15) is 5.26 Å². The highest BCUT2D eigenvalue weighted by molar-refractivity contribution is 5.64. The second-order valence-electron chi connectivity index (χ2n) is 5.21. The molecule has 0 saturated heterocycles. The number of hydrogen-bond acceptors (Lipinski definition) is 5. The van der Waals surface area contributed by atoms with E-state index >= 15 is 0 Å². The van der Waals surface area contributed by atoms with Crippen LogP contribution in [0.5, 0.6) is 0 Å². The molecule has 3 aromatic rings. The Kier molecular flexibility index (Phi) is 4.39. The number of rotatable bonds is 5. The van der Waals surface area contributed by atoms with E-state index in [4.69, 9.17) is 5.26 Å². The number of nitrogens with one attached hydrogen (secondary N) is 1. The van der Waals surface area contributed by atoms with E-state index in [0.29, 0.717) is 11.3 Å². The molecule has 0 saturated carbocycles. The molecule has 0 spiro atoms. The van der Waals surface area contributed by atoms with Gasteiger partial charge >= 0.3 is 0 Å². The number of benzene rings is 2. The molecule has 3 rings (SSSR count). The maximum absolute atomic E-state index is 14.2. The molecule has 0 amide bonds. The van der Waals surface area contributed by atoms with E-state index in [9.17, 15) is 14.5 Å². The number of aromatic nitrogens is 2. The molecule has 1 aromatic heterocycles. The number of anilines is 1. The Hall–Kier alpha value is -3.73. The molecule has 25 heavy (non-hydrogen) atoms. The summed E-state index contributed by atoms with van der Waals surface area (Å²) < 4.78 is 15.8. The van der Waals surface area contributed by atoms with Crippen LogP contribution in [0.2, 0.25) is 0 Å². The van der Waals surface area contributed by atoms with Crippen LogP contribution in [0.3, 0.4) is 0 Å². The lowest BCUT2D eigenvalue weighted by atomic mass is 10.1. The molecule has 0 radical (unpaired) electrons. The van der Waals surface area contributed by atoms with Crippen molar-refractivity contribution < 1.29 is 9.31 Å². The molecular formula is C17H12FN5O2. The third kappa shape index (κ3) is 3.45. The maximum atomic E-state index is 14.2. The second kappa shape index (κ2) is 6.80. The first kappa shape index (κ1) is 16.1. The number of nitro groups is 1. The minimum atomic E-state index is -0.564. The van der Waals surface area contributed by atoms with Gasteiger partial charge in [-0.15, -0.1) is 0 Å². The van der Waals surface area contributed by atoms with Gasteiger partial charge in [0.15, 0.2) is 0 Å². The molecule has 0 aliphatic rings. The lowest BCUT2D eigenvalue weighted by Gasteiger charge is -2.09. The summed E-state index contributed by atoms with van der Waals surface area (Å²) in [5, 5.41) is 22.9. The molecule has 2 aromatic carbocycles. The first-order valence-corrected chi connectivity index (χ1v) is 7.27. The van der Waals surface area contributed by atoms with Crippen LogP contribution in [-0.2, 0) is 6.54 Å². The van der Waals surface area contributed by atoms with Crippen molar-refractivity contribution in [2.24, 2.45) is 0 Å². The fourth-order valence-corrected chi connectivity index (χ4v) is 2.37. The summed E-state index contributed by atoms with van der Waals surface area (Å²) >= 11 is 0. The second-order valence-corrected chi connectivity index (χ2v) is 5.21. The van der Waals surface area contributed by atoms with Crippen molar-refractivity contribution in [3.8, 4) is 11.8 Å². The van der Waals surface area contributed by atoms with Crippen LogP contribution >= 0.6 is 0 Å². The Bertz CT molecular complexity index is 964. The normalized spacial score (nSPS) is 10.2. The van der Waals surface area contributed by atoms with E-state index in [2.05, 4.69) is 10.3 Å². The largest absolute Gasteiger partial charge is 0.375 e. The van der Waals surface area contributed by atoms with Crippen molar-refractivity contribution in [1.82, 2.24) is 9.55 Å². The van der Waals surface area contributed by atoms with Crippen LogP contribution in [0.4, 0.5) is 15.8 Å². The highest BCUT2D eigenvalue weighted by Gasteiger charge is 2.14. The van der Waals surface area contributed by atoms with Crippen LogP contribution < -0.4 is 5.32 Å². The molecule has 0 bridgehead atoms. The summed E-state index contributed by atoms with van der Waals surface area (Å²) in [6.07, 6.45) is 4.69. The van der Waals surface area contributed by atoms with Crippen molar-refractivity contribution in [3.63, 3.8) is 0 Å². The van der Waals surface area contributed by atoms with Crippen molar-refractivity contribution in [2.45, 2.75) is 6.54 Å². The molecule has 1 N–H and O–H groups in total. The van der Waals surface area contributed by atoms with Crippen LogP contribution in [0.15, 0.2) is 55.1 Å². The smallest absolute Gasteiger partial charge is 0.293 e. The number of halogens is 1. The predicted octanol–water partition coefficient (Wildman–Crippen LogP) is 3.40. The molecule has 124 valence electrons. The van der Waals surface area contributed by atoms with Crippen molar-refractivity contribution >= 4 is 11.4 Å². The van der Waals surface area contributed by atoms with Gasteiger partial charge in [-0.1, -0.05) is 6.07 Å². The first-order valence-electron chi connectivity index (χ1n) is 7.27. The molecular weight excluding hydrogens is 325 g/mol. The van der Waals surface area contributed by atoms with Crippen LogP contribution in [0.25, 0.3) is 5.69 Å². The number of nitrogens with zero attached hydrogens (tertiary/aromatic N) is 4. The third-order valence-corrected chi connectivity index (χ3v) is 3.60. The van der Waals surface area contributed by atoms with E-state index in [-0.39, 0.29) is 23.5 Å². The monoisotopic (exact) mass is 337 g/mol. The topological polar surface area (TPSA) is 96.8 Å². The lowest BCUT2D eigenvalue weighted by Crippen LogP contribution is -2.04.